The molecule has 0 bridgehead atoms. The Morgan fingerprint density at radius 3 is 2.40 bits per heavy atom. The van der Waals surface area contributed by atoms with Crippen molar-refractivity contribution in [2.45, 2.75) is 19.4 Å². The zero-order chi connectivity index (χ0) is 10.9. The number of carbonyl (C=O) groups is 2. The summed E-state index contributed by atoms with van der Waals surface area (Å²) in [6, 6.07) is 1.51. The molecule has 0 aliphatic heterocycles. The topological polar surface area (TPSA) is 115 Å². The number of hydrogen-bond acceptors (Lipinski definition) is 4. The maximum absolute atomic E-state index is 11.6. The number of Topliss-reactive ketones (excluding diaryl/α,β-unsaturated/α-hetero) is 1. The lowest BCUT2D eigenvalue weighted by Crippen LogP contribution is -2.55. The summed E-state index contributed by atoms with van der Waals surface area (Å²) in [6.45, 7) is 2.99. The molecule has 0 saturated heterocycles. The van der Waals surface area contributed by atoms with Gasteiger partial charge in [0.05, 0.1) is 5.69 Å². The Morgan fingerprint density at radius 2 is 2.07 bits per heavy atom. The zero-order valence-electron chi connectivity index (χ0n) is 8.40. The number of aromatic amines is 1. The van der Waals surface area contributed by atoms with Gasteiger partial charge in [-0.2, -0.15) is 5.10 Å². The van der Waals surface area contributed by atoms with E-state index in [4.69, 9.17) is 11.5 Å². The van der Waals surface area contributed by atoms with Crippen LogP contribution in [0.5, 0.6) is 0 Å². The number of carbonyl (C=O) groups excluding carboxylic acids is 2. The number of ketones is 1. The van der Waals surface area contributed by atoms with E-state index in [1.807, 2.05) is 0 Å². The highest BCUT2D eigenvalue weighted by atomic mass is 35.5. The molecule has 0 aliphatic rings. The Labute approximate surface area is 92.8 Å². The third-order valence-corrected chi connectivity index (χ3v) is 1.93. The van der Waals surface area contributed by atoms with Gasteiger partial charge in [0.25, 0.3) is 0 Å². The molecule has 0 fully saturated rings. The van der Waals surface area contributed by atoms with Crippen LogP contribution >= 0.6 is 12.4 Å². The lowest BCUT2D eigenvalue weighted by molar-refractivity contribution is -0.121. The predicted octanol–water partition coefficient (Wildman–Crippen LogP) is -0.475. The maximum atomic E-state index is 11.6. The van der Waals surface area contributed by atoms with Gasteiger partial charge in [-0.25, -0.2) is 0 Å². The van der Waals surface area contributed by atoms with Gasteiger partial charge < -0.3 is 11.5 Å². The summed E-state index contributed by atoms with van der Waals surface area (Å²) in [6.07, 6.45) is 0. The molecule has 0 aliphatic carbocycles. The number of primary amides is 1. The molecule has 0 radical (unpaired) electrons. The minimum atomic E-state index is -1.70. The molecule has 0 aromatic carbocycles. The van der Waals surface area contributed by atoms with Crippen LogP contribution in [0.15, 0.2) is 6.07 Å². The van der Waals surface area contributed by atoms with Crippen LogP contribution in [-0.4, -0.2) is 27.4 Å². The minimum Gasteiger partial charge on any atom is -0.368 e. The Balaban J connectivity index is 0.00000196. The molecule has 6 nitrogen and oxygen atoms in total. The monoisotopic (exact) mass is 232 g/mol. The first-order valence-corrected chi connectivity index (χ1v) is 4.01. The van der Waals surface area contributed by atoms with Crippen molar-refractivity contribution in [3.05, 3.63) is 17.5 Å². The molecular formula is C8H13ClN4O2. The van der Waals surface area contributed by atoms with Gasteiger partial charge in [-0.3, -0.25) is 14.7 Å². The number of aryl methyl sites for hydroxylation is 1. The highest BCUT2D eigenvalue weighted by Gasteiger charge is 2.36. The van der Waals surface area contributed by atoms with Crippen LogP contribution in [0, 0.1) is 6.92 Å². The highest BCUT2D eigenvalue weighted by molar-refractivity contribution is 6.16. The van der Waals surface area contributed by atoms with Crippen molar-refractivity contribution in [1.82, 2.24) is 10.2 Å². The molecule has 1 aromatic heterocycles. The van der Waals surface area contributed by atoms with E-state index in [0.717, 1.165) is 0 Å². The maximum Gasteiger partial charge on any atom is 0.245 e. The normalized spacial score (nSPS) is 13.8. The molecule has 15 heavy (non-hydrogen) atoms. The number of aromatic nitrogens is 2. The molecule has 84 valence electrons. The SMILES string of the molecule is Cc1cc(C(=O)[C@](C)(N)C(N)=O)[nH]n1.Cl. The van der Waals surface area contributed by atoms with E-state index in [-0.39, 0.29) is 18.1 Å². The molecule has 0 unspecified atom stereocenters. The average Bonchev–Trinajstić information content (AvgIpc) is 2.50. The summed E-state index contributed by atoms with van der Waals surface area (Å²) in [4.78, 5) is 22.5. The molecule has 1 heterocycles. The number of amides is 1. The summed E-state index contributed by atoms with van der Waals surface area (Å²) in [5.74, 6) is -1.43. The summed E-state index contributed by atoms with van der Waals surface area (Å²) in [7, 11) is 0. The number of rotatable bonds is 3. The summed E-state index contributed by atoms with van der Waals surface area (Å²) >= 11 is 0. The van der Waals surface area contributed by atoms with Gasteiger partial charge in [-0.05, 0) is 19.9 Å². The van der Waals surface area contributed by atoms with Crippen molar-refractivity contribution >= 4 is 24.1 Å². The molecule has 1 amide bonds. The van der Waals surface area contributed by atoms with Crippen molar-refractivity contribution in [3.8, 4) is 0 Å². The second-order valence-electron chi connectivity index (χ2n) is 3.32. The standard InChI is InChI=1S/C8H12N4O2.ClH/c1-4-3-5(12-11-4)6(13)8(2,10)7(9)14;/h3H,10H2,1-2H3,(H2,9,14)(H,11,12);1H/t8-;/m0./s1. The van der Waals surface area contributed by atoms with Crippen molar-refractivity contribution in [1.29, 1.82) is 0 Å². The number of H-pyrrole nitrogens is 1. The van der Waals surface area contributed by atoms with Crippen molar-refractivity contribution in [2.75, 3.05) is 0 Å². The van der Waals surface area contributed by atoms with Crippen molar-refractivity contribution in [3.63, 3.8) is 0 Å². The van der Waals surface area contributed by atoms with Crippen molar-refractivity contribution in [2.24, 2.45) is 11.5 Å². The van der Waals surface area contributed by atoms with E-state index in [1.54, 1.807) is 6.92 Å². The van der Waals surface area contributed by atoms with Gasteiger partial charge in [-0.15, -0.1) is 12.4 Å². The smallest absolute Gasteiger partial charge is 0.245 e. The van der Waals surface area contributed by atoms with E-state index in [2.05, 4.69) is 10.2 Å². The molecule has 7 heteroatoms. The van der Waals surface area contributed by atoms with Crippen LogP contribution < -0.4 is 11.5 Å². The fraction of sp³-hybridized carbons (Fsp3) is 0.375. The first-order chi connectivity index (χ1) is 6.35. The average molecular weight is 233 g/mol. The molecule has 1 rings (SSSR count). The quantitative estimate of drug-likeness (QED) is 0.482. The lowest BCUT2D eigenvalue weighted by atomic mass is 9.95. The summed E-state index contributed by atoms with van der Waals surface area (Å²) in [5.41, 5.74) is 9.61. The van der Waals surface area contributed by atoms with Gasteiger partial charge in [0, 0.05) is 0 Å². The van der Waals surface area contributed by atoms with Crippen LogP contribution in [0.1, 0.15) is 23.1 Å². The number of nitrogens with zero attached hydrogens (tertiary/aromatic N) is 1. The number of nitrogens with one attached hydrogen (secondary N) is 1. The van der Waals surface area contributed by atoms with E-state index in [0.29, 0.717) is 5.69 Å². The van der Waals surface area contributed by atoms with Crippen LogP contribution in [0.25, 0.3) is 0 Å². The largest absolute Gasteiger partial charge is 0.368 e. The highest BCUT2D eigenvalue weighted by Crippen LogP contribution is 2.09. The van der Waals surface area contributed by atoms with E-state index in [9.17, 15) is 9.59 Å². The summed E-state index contributed by atoms with van der Waals surface area (Å²) in [5, 5.41) is 6.24. The summed E-state index contributed by atoms with van der Waals surface area (Å²) < 4.78 is 0. The van der Waals surface area contributed by atoms with E-state index in [1.165, 1.54) is 13.0 Å². The third kappa shape index (κ3) is 2.54. The van der Waals surface area contributed by atoms with Gasteiger partial charge in [0.1, 0.15) is 5.69 Å². The molecule has 0 spiro atoms. The number of nitrogens with two attached hydrogens (primary N) is 2. The third-order valence-electron chi connectivity index (χ3n) is 1.93. The minimum absolute atomic E-state index is 0. The first-order valence-electron chi connectivity index (χ1n) is 4.01. The molecule has 1 atom stereocenters. The Kier molecular flexibility index (Phi) is 4.00. The van der Waals surface area contributed by atoms with Crippen LogP contribution in [-0.2, 0) is 4.79 Å². The molecular weight excluding hydrogens is 220 g/mol. The molecule has 5 N–H and O–H groups in total. The van der Waals surface area contributed by atoms with Crippen LogP contribution in [0.4, 0.5) is 0 Å². The number of hydrogen-bond donors (Lipinski definition) is 3. The van der Waals surface area contributed by atoms with Gasteiger partial charge in [-0.1, -0.05) is 0 Å². The predicted molar refractivity (Wildman–Crippen MR) is 56.7 cm³/mol. The van der Waals surface area contributed by atoms with Gasteiger partial charge in [0.2, 0.25) is 11.7 Å². The second kappa shape index (κ2) is 4.41. The van der Waals surface area contributed by atoms with Crippen molar-refractivity contribution < 1.29 is 9.59 Å². The fourth-order valence-electron chi connectivity index (χ4n) is 0.930. The Hall–Kier alpha value is -1.40. The fourth-order valence-corrected chi connectivity index (χ4v) is 0.930. The van der Waals surface area contributed by atoms with E-state index >= 15 is 0 Å². The lowest BCUT2D eigenvalue weighted by Gasteiger charge is -2.17. The van der Waals surface area contributed by atoms with E-state index < -0.39 is 17.2 Å². The van der Waals surface area contributed by atoms with Crippen LogP contribution in [0.2, 0.25) is 0 Å². The second-order valence-corrected chi connectivity index (χ2v) is 3.32. The Morgan fingerprint density at radius 1 is 1.53 bits per heavy atom. The first kappa shape index (κ1) is 13.6. The van der Waals surface area contributed by atoms with Crippen LogP contribution in [0.3, 0.4) is 0 Å². The molecule has 0 saturated carbocycles. The van der Waals surface area contributed by atoms with Gasteiger partial charge >= 0.3 is 0 Å². The Bertz CT molecular complexity index is 386. The molecule has 1 aromatic rings. The van der Waals surface area contributed by atoms with Gasteiger partial charge in [0.15, 0.2) is 5.54 Å². The zero-order valence-corrected chi connectivity index (χ0v) is 9.22. The number of halogens is 1.